The predicted molar refractivity (Wildman–Crippen MR) is 94.1 cm³/mol. The summed E-state index contributed by atoms with van der Waals surface area (Å²) in [6, 6.07) is 11.8. The highest BCUT2D eigenvalue weighted by Gasteiger charge is 2.11. The zero-order valence-electron chi connectivity index (χ0n) is 12.4. The van der Waals surface area contributed by atoms with Crippen molar-refractivity contribution < 1.29 is 9.59 Å². The first kappa shape index (κ1) is 17.2. The quantitative estimate of drug-likeness (QED) is 0.722. The molecule has 23 heavy (non-hydrogen) atoms. The van der Waals surface area contributed by atoms with Gasteiger partial charge in [-0.1, -0.05) is 23.7 Å². The second kappa shape index (κ2) is 7.89. The van der Waals surface area contributed by atoms with Crippen molar-refractivity contribution in [3.05, 3.63) is 58.6 Å². The molecule has 0 heterocycles. The van der Waals surface area contributed by atoms with Crippen LogP contribution < -0.4 is 16.4 Å². The normalized spacial score (nSPS) is 10.2. The minimum absolute atomic E-state index is 0.231. The molecule has 2 rings (SSSR count). The van der Waals surface area contributed by atoms with Crippen LogP contribution in [0.3, 0.4) is 0 Å². The summed E-state index contributed by atoms with van der Waals surface area (Å²) >= 11 is 7.62. The van der Waals surface area contributed by atoms with E-state index >= 15 is 0 Å². The van der Waals surface area contributed by atoms with Crippen LogP contribution in [0, 0.1) is 0 Å². The summed E-state index contributed by atoms with van der Waals surface area (Å²) in [7, 11) is 0. The van der Waals surface area contributed by atoms with Crippen LogP contribution in [-0.4, -0.2) is 18.2 Å². The van der Waals surface area contributed by atoms with Gasteiger partial charge in [-0.3, -0.25) is 4.79 Å². The van der Waals surface area contributed by atoms with E-state index in [9.17, 15) is 9.59 Å². The molecule has 0 unspecified atom stereocenters. The van der Waals surface area contributed by atoms with Gasteiger partial charge < -0.3 is 16.4 Å². The third-order valence-corrected chi connectivity index (χ3v) is 4.15. The number of hydrogen-bond donors (Lipinski definition) is 3. The largest absolute Gasteiger partial charge is 0.351 e. The van der Waals surface area contributed by atoms with Gasteiger partial charge in [-0.05, 0) is 42.2 Å². The Morgan fingerprint density at radius 3 is 2.48 bits per heavy atom. The molecule has 0 aliphatic rings. The number of carbonyl (C=O) groups excluding carboxylic acids is 2. The van der Waals surface area contributed by atoms with Gasteiger partial charge in [-0.25, -0.2) is 4.79 Å². The van der Waals surface area contributed by atoms with Crippen LogP contribution in [0.2, 0.25) is 5.02 Å². The summed E-state index contributed by atoms with van der Waals surface area (Å²) in [6.07, 6.45) is 1.94. The number of rotatable bonds is 5. The maximum atomic E-state index is 12.2. The monoisotopic (exact) mass is 349 g/mol. The Morgan fingerprint density at radius 2 is 1.87 bits per heavy atom. The topological polar surface area (TPSA) is 84.2 Å². The highest BCUT2D eigenvalue weighted by molar-refractivity contribution is 7.98. The number of urea groups is 1. The summed E-state index contributed by atoms with van der Waals surface area (Å²) in [5.41, 5.74) is 6.99. The van der Waals surface area contributed by atoms with Gasteiger partial charge >= 0.3 is 6.03 Å². The molecule has 0 saturated carbocycles. The van der Waals surface area contributed by atoms with Gasteiger partial charge in [0.1, 0.15) is 0 Å². The Balaban J connectivity index is 2.00. The Bertz CT molecular complexity index is 720. The average Bonchev–Trinajstić information content (AvgIpc) is 2.54. The van der Waals surface area contributed by atoms with Gasteiger partial charge in [0.2, 0.25) is 0 Å². The number of nitrogens with two attached hydrogens (primary N) is 1. The van der Waals surface area contributed by atoms with Crippen molar-refractivity contribution in [2.24, 2.45) is 5.73 Å². The smallest absolute Gasteiger partial charge is 0.316 e. The molecule has 0 atom stereocenters. The summed E-state index contributed by atoms with van der Waals surface area (Å²) < 4.78 is 0. The van der Waals surface area contributed by atoms with Gasteiger partial charge in [0.25, 0.3) is 5.91 Å². The average molecular weight is 350 g/mol. The number of thioether (sulfide) groups is 1. The first-order chi connectivity index (χ1) is 11.0. The van der Waals surface area contributed by atoms with Gasteiger partial charge in [-0.15, -0.1) is 11.8 Å². The lowest BCUT2D eigenvalue weighted by molar-refractivity contribution is 0.0951. The summed E-state index contributed by atoms with van der Waals surface area (Å²) in [5.74, 6) is -0.231. The van der Waals surface area contributed by atoms with E-state index in [0.717, 1.165) is 10.5 Å². The van der Waals surface area contributed by atoms with Gasteiger partial charge in [0.05, 0.1) is 10.6 Å². The molecule has 0 saturated heterocycles. The third kappa shape index (κ3) is 4.91. The zero-order chi connectivity index (χ0) is 16.8. The van der Waals surface area contributed by atoms with E-state index in [-0.39, 0.29) is 5.91 Å². The van der Waals surface area contributed by atoms with Crippen LogP contribution >= 0.6 is 23.4 Å². The van der Waals surface area contributed by atoms with Crippen molar-refractivity contribution in [3.8, 4) is 0 Å². The lowest BCUT2D eigenvalue weighted by atomic mass is 10.2. The maximum absolute atomic E-state index is 12.2. The van der Waals surface area contributed by atoms with E-state index in [1.165, 1.54) is 0 Å². The molecule has 0 radical (unpaired) electrons. The Morgan fingerprint density at radius 1 is 1.17 bits per heavy atom. The molecule has 0 aliphatic heterocycles. The Labute approximate surface area is 143 Å². The van der Waals surface area contributed by atoms with E-state index in [0.29, 0.717) is 22.8 Å². The van der Waals surface area contributed by atoms with E-state index in [1.54, 1.807) is 48.2 Å². The molecule has 120 valence electrons. The summed E-state index contributed by atoms with van der Waals surface area (Å²) in [6.45, 7) is 0.357. The third-order valence-electron chi connectivity index (χ3n) is 3.09. The van der Waals surface area contributed by atoms with Crippen molar-refractivity contribution >= 4 is 41.0 Å². The van der Waals surface area contributed by atoms with Crippen molar-refractivity contribution in [2.75, 3.05) is 11.6 Å². The van der Waals surface area contributed by atoms with Crippen LogP contribution in [-0.2, 0) is 6.54 Å². The standard InChI is InChI=1S/C16H16ClN3O2S/c1-23-12-6-7-14(17)13(8-12)15(21)19-9-10-2-4-11(5-3-10)20-16(18)22/h2-8H,9H2,1H3,(H,19,21)(H3,18,20,22). The van der Waals surface area contributed by atoms with Gasteiger partial charge in [0, 0.05) is 17.1 Å². The van der Waals surface area contributed by atoms with Crippen LogP contribution in [0.25, 0.3) is 0 Å². The summed E-state index contributed by atoms with van der Waals surface area (Å²) in [4.78, 5) is 24.0. The van der Waals surface area contributed by atoms with E-state index in [2.05, 4.69) is 10.6 Å². The molecule has 4 N–H and O–H groups in total. The number of anilines is 1. The molecule has 0 spiro atoms. The highest BCUT2D eigenvalue weighted by atomic mass is 35.5. The lowest BCUT2D eigenvalue weighted by Crippen LogP contribution is -2.23. The number of benzene rings is 2. The van der Waals surface area contributed by atoms with Crippen molar-refractivity contribution in [3.63, 3.8) is 0 Å². The van der Waals surface area contributed by atoms with E-state index in [1.807, 2.05) is 12.3 Å². The molecule has 3 amide bonds. The molecule has 0 bridgehead atoms. The fraction of sp³-hybridized carbons (Fsp3) is 0.125. The molecule has 7 heteroatoms. The molecule has 2 aromatic rings. The predicted octanol–water partition coefficient (Wildman–Crippen LogP) is 3.48. The Kier molecular flexibility index (Phi) is 5.90. The molecule has 0 aliphatic carbocycles. The lowest BCUT2D eigenvalue weighted by Gasteiger charge is -2.09. The number of carbonyl (C=O) groups is 2. The van der Waals surface area contributed by atoms with Crippen LogP contribution in [0.4, 0.5) is 10.5 Å². The van der Waals surface area contributed by atoms with Crippen LogP contribution in [0.15, 0.2) is 47.4 Å². The SMILES string of the molecule is CSc1ccc(Cl)c(C(=O)NCc2ccc(NC(N)=O)cc2)c1. The summed E-state index contributed by atoms with van der Waals surface area (Å²) in [5, 5.41) is 5.72. The maximum Gasteiger partial charge on any atom is 0.316 e. The fourth-order valence-corrected chi connectivity index (χ4v) is 2.57. The van der Waals surface area contributed by atoms with Gasteiger partial charge in [-0.2, -0.15) is 0 Å². The van der Waals surface area contributed by atoms with E-state index < -0.39 is 6.03 Å². The second-order valence-corrected chi connectivity index (χ2v) is 6.00. The molecular weight excluding hydrogens is 334 g/mol. The zero-order valence-corrected chi connectivity index (χ0v) is 14.0. The molecule has 0 fully saturated rings. The number of nitrogens with one attached hydrogen (secondary N) is 2. The fourth-order valence-electron chi connectivity index (χ4n) is 1.93. The van der Waals surface area contributed by atoms with Crippen LogP contribution in [0.1, 0.15) is 15.9 Å². The first-order valence-corrected chi connectivity index (χ1v) is 8.37. The van der Waals surface area contributed by atoms with E-state index in [4.69, 9.17) is 17.3 Å². The van der Waals surface area contributed by atoms with Crippen molar-refractivity contribution in [1.29, 1.82) is 0 Å². The first-order valence-electron chi connectivity index (χ1n) is 6.76. The molecule has 5 nitrogen and oxygen atoms in total. The number of amides is 3. The molecule has 2 aromatic carbocycles. The van der Waals surface area contributed by atoms with Crippen molar-refractivity contribution in [2.45, 2.75) is 11.4 Å². The van der Waals surface area contributed by atoms with Crippen LogP contribution in [0.5, 0.6) is 0 Å². The highest BCUT2D eigenvalue weighted by Crippen LogP contribution is 2.23. The van der Waals surface area contributed by atoms with Gasteiger partial charge in [0.15, 0.2) is 0 Å². The number of halogens is 1. The Hall–Kier alpha value is -2.18. The van der Waals surface area contributed by atoms with Crippen molar-refractivity contribution in [1.82, 2.24) is 5.32 Å². The minimum atomic E-state index is -0.616. The molecule has 0 aromatic heterocycles. The second-order valence-electron chi connectivity index (χ2n) is 4.71. The number of primary amides is 1. The molecular formula is C16H16ClN3O2S. The minimum Gasteiger partial charge on any atom is -0.351 e. The number of hydrogen-bond acceptors (Lipinski definition) is 3.